The fourth-order valence-electron chi connectivity index (χ4n) is 4.08. The molecule has 0 amide bonds. The van der Waals surface area contributed by atoms with Gasteiger partial charge in [0.2, 0.25) is 0 Å². The van der Waals surface area contributed by atoms with Gasteiger partial charge < -0.3 is 14.4 Å². The van der Waals surface area contributed by atoms with E-state index in [0.29, 0.717) is 11.7 Å². The van der Waals surface area contributed by atoms with Crippen LogP contribution in [-0.2, 0) is 17.8 Å². The van der Waals surface area contributed by atoms with Gasteiger partial charge in [-0.25, -0.2) is 0 Å². The molecule has 0 bridgehead atoms. The van der Waals surface area contributed by atoms with Gasteiger partial charge in [-0.2, -0.15) is 0 Å². The Morgan fingerprint density at radius 3 is 2.50 bits per heavy atom. The van der Waals surface area contributed by atoms with Gasteiger partial charge in [-0.15, -0.1) is 11.8 Å². The highest BCUT2D eigenvalue weighted by Crippen LogP contribution is 2.43. The maximum atomic E-state index is 11.5. The van der Waals surface area contributed by atoms with Crippen LogP contribution in [0.15, 0.2) is 47.4 Å². The van der Waals surface area contributed by atoms with E-state index in [1.807, 2.05) is 30.0 Å². The second-order valence-corrected chi connectivity index (χ2v) is 12.3. The lowest BCUT2D eigenvalue weighted by Crippen LogP contribution is -2.12. The minimum Gasteiger partial charge on any atom is -0.486 e. The molecule has 0 radical (unpaired) electrons. The van der Waals surface area contributed by atoms with E-state index < -0.39 is 0 Å². The summed E-state index contributed by atoms with van der Waals surface area (Å²) in [7, 11) is 0. The summed E-state index contributed by atoms with van der Waals surface area (Å²) >= 11 is 8.01. The van der Waals surface area contributed by atoms with E-state index in [4.69, 9.17) is 16.3 Å². The van der Waals surface area contributed by atoms with Crippen LogP contribution in [0.2, 0.25) is 5.02 Å². The first-order valence-corrected chi connectivity index (χ1v) is 13.1. The van der Waals surface area contributed by atoms with Crippen molar-refractivity contribution in [2.75, 3.05) is 13.2 Å². The van der Waals surface area contributed by atoms with E-state index in [-0.39, 0.29) is 23.7 Å². The van der Waals surface area contributed by atoms with E-state index in [1.165, 1.54) is 23.1 Å². The Balaban J connectivity index is 2.15. The van der Waals surface area contributed by atoms with Crippen molar-refractivity contribution in [3.8, 4) is 5.75 Å². The summed E-state index contributed by atoms with van der Waals surface area (Å²) in [5.74, 6) is 1.15. The van der Waals surface area contributed by atoms with Crippen molar-refractivity contribution >= 4 is 40.0 Å². The Hall–Kier alpha value is -1.95. The van der Waals surface area contributed by atoms with Crippen molar-refractivity contribution in [2.24, 2.45) is 5.92 Å². The third kappa shape index (κ3) is 7.27. The fourth-order valence-corrected chi connectivity index (χ4v) is 5.40. The minimum absolute atomic E-state index is 0.00286. The first-order chi connectivity index (χ1) is 16.1. The molecular formula is C28H36ClNO3S. The number of aromatic nitrogens is 1. The number of carbonyl (C=O) groups is 1. The van der Waals surface area contributed by atoms with E-state index in [0.717, 1.165) is 41.7 Å². The molecule has 0 aliphatic heterocycles. The predicted molar refractivity (Wildman–Crippen MR) is 143 cm³/mol. The maximum absolute atomic E-state index is 11.5. The summed E-state index contributed by atoms with van der Waals surface area (Å²) in [6.45, 7) is 11.5. The predicted octanol–water partition coefficient (Wildman–Crippen LogP) is 7.15. The SMILES string of the molecule is CC(=O)COc1ccc2c(c1)c(SC(C)(C)C)c(CC(C)CCCO)n2Cc1ccc(Cl)cc1. The van der Waals surface area contributed by atoms with Crippen LogP contribution in [0.3, 0.4) is 0 Å². The Morgan fingerprint density at radius 1 is 1.18 bits per heavy atom. The zero-order chi connectivity index (χ0) is 24.9. The molecule has 1 aromatic heterocycles. The number of hydrogen-bond donors (Lipinski definition) is 1. The van der Waals surface area contributed by atoms with Gasteiger partial charge in [0.15, 0.2) is 5.78 Å². The van der Waals surface area contributed by atoms with Crippen LogP contribution in [0.4, 0.5) is 0 Å². The summed E-state index contributed by atoms with van der Waals surface area (Å²) in [6.07, 6.45) is 2.71. The molecule has 3 rings (SSSR count). The van der Waals surface area contributed by atoms with Crippen molar-refractivity contribution in [2.45, 2.75) is 70.1 Å². The normalized spacial score (nSPS) is 12.8. The molecule has 4 nitrogen and oxygen atoms in total. The van der Waals surface area contributed by atoms with Crippen molar-refractivity contribution in [3.63, 3.8) is 0 Å². The third-order valence-corrected chi connectivity index (χ3v) is 7.12. The first-order valence-electron chi connectivity index (χ1n) is 11.9. The molecule has 0 saturated heterocycles. The van der Waals surface area contributed by atoms with E-state index in [2.05, 4.69) is 56.5 Å². The molecule has 1 heterocycles. The van der Waals surface area contributed by atoms with Gasteiger partial charge in [-0.3, -0.25) is 4.79 Å². The first kappa shape index (κ1) is 26.7. The smallest absolute Gasteiger partial charge is 0.167 e. The molecule has 0 spiro atoms. The molecule has 3 aromatic rings. The number of halogens is 1. The monoisotopic (exact) mass is 501 g/mol. The summed E-state index contributed by atoms with van der Waals surface area (Å²) < 4.78 is 8.20. The molecule has 0 saturated carbocycles. The molecule has 34 heavy (non-hydrogen) atoms. The van der Waals surface area contributed by atoms with Crippen molar-refractivity contribution in [3.05, 3.63) is 58.7 Å². The van der Waals surface area contributed by atoms with Gasteiger partial charge in [0.05, 0.1) is 0 Å². The lowest BCUT2D eigenvalue weighted by atomic mass is 9.99. The summed E-state index contributed by atoms with van der Waals surface area (Å²) in [4.78, 5) is 12.7. The molecule has 2 aromatic carbocycles. The number of ketones is 1. The number of Topliss-reactive ketones (excluding diaryl/α,β-unsaturated/α-hetero) is 1. The maximum Gasteiger partial charge on any atom is 0.167 e. The van der Waals surface area contributed by atoms with Gasteiger partial charge in [0, 0.05) is 44.4 Å². The Bertz CT molecular complexity index is 1120. The van der Waals surface area contributed by atoms with Crippen LogP contribution in [0.25, 0.3) is 10.9 Å². The number of benzene rings is 2. The zero-order valence-corrected chi connectivity index (χ0v) is 22.4. The van der Waals surface area contributed by atoms with E-state index >= 15 is 0 Å². The highest BCUT2D eigenvalue weighted by molar-refractivity contribution is 8.00. The second kappa shape index (κ2) is 11.7. The zero-order valence-electron chi connectivity index (χ0n) is 20.9. The Labute approximate surface area is 212 Å². The summed E-state index contributed by atoms with van der Waals surface area (Å²) in [5.41, 5.74) is 3.65. The average molecular weight is 502 g/mol. The summed E-state index contributed by atoms with van der Waals surface area (Å²) in [6, 6.07) is 14.2. The third-order valence-electron chi connectivity index (χ3n) is 5.59. The van der Waals surface area contributed by atoms with Crippen LogP contribution in [0.1, 0.15) is 58.7 Å². The molecular weight excluding hydrogens is 466 g/mol. The fraction of sp³-hybridized carbons (Fsp3) is 0.464. The van der Waals surface area contributed by atoms with Gasteiger partial charge in [-0.05, 0) is 68.0 Å². The van der Waals surface area contributed by atoms with Crippen molar-refractivity contribution in [1.82, 2.24) is 4.57 Å². The number of rotatable bonds is 11. The van der Waals surface area contributed by atoms with Gasteiger partial charge in [0.1, 0.15) is 12.4 Å². The number of thioether (sulfide) groups is 1. The number of aliphatic hydroxyl groups excluding tert-OH is 1. The molecule has 6 heteroatoms. The van der Waals surface area contributed by atoms with Crippen LogP contribution in [0.5, 0.6) is 5.75 Å². The van der Waals surface area contributed by atoms with E-state index in [9.17, 15) is 9.90 Å². The van der Waals surface area contributed by atoms with Crippen LogP contribution in [0, 0.1) is 5.92 Å². The second-order valence-electron chi connectivity index (χ2n) is 10.0. The van der Waals surface area contributed by atoms with E-state index in [1.54, 1.807) is 0 Å². The van der Waals surface area contributed by atoms with Gasteiger partial charge in [0.25, 0.3) is 0 Å². The molecule has 0 aliphatic carbocycles. The molecule has 1 atom stereocenters. The van der Waals surface area contributed by atoms with Crippen molar-refractivity contribution in [1.29, 1.82) is 0 Å². The van der Waals surface area contributed by atoms with Crippen LogP contribution in [-0.4, -0.2) is 33.4 Å². The quantitative estimate of drug-likeness (QED) is 0.283. The molecule has 184 valence electrons. The van der Waals surface area contributed by atoms with Crippen LogP contribution < -0.4 is 4.74 Å². The average Bonchev–Trinajstić information content (AvgIpc) is 3.03. The minimum atomic E-state index is 0.00286. The lowest BCUT2D eigenvalue weighted by molar-refractivity contribution is -0.118. The van der Waals surface area contributed by atoms with Gasteiger partial charge in [-0.1, -0.05) is 51.4 Å². The number of fused-ring (bicyclic) bond motifs is 1. The lowest BCUT2D eigenvalue weighted by Gasteiger charge is -2.21. The number of aliphatic hydroxyl groups is 1. The largest absolute Gasteiger partial charge is 0.486 e. The molecule has 0 aliphatic rings. The number of ether oxygens (including phenoxy) is 1. The number of carbonyl (C=O) groups excluding carboxylic acids is 1. The highest BCUT2D eigenvalue weighted by atomic mass is 35.5. The Morgan fingerprint density at radius 2 is 1.88 bits per heavy atom. The molecule has 1 unspecified atom stereocenters. The van der Waals surface area contributed by atoms with Crippen molar-refractivity contribution < 1.29 is 14.6 Å². The molecule has 1 N–H and O–H groups in total. The van der Waals surface area contributed by atoms with Gasteiger partial charge >= 0.3 is 0 Å². The number of nitrogens with zero attached hydrogens (tertiary/aromatic N) is 1. The number of hydrogen-bond acceptors (Lipinski definition) is 4. The Kier molecular flexibility index (Phi) is 9.14. The summed E-state index contributed by atoms with van der Waals surface area (Å²) in [5, 5.41) is 11.2. The van der Waals surface area contributed by atoms with Crippen LogP contribution >= 0.6 is 23.4 Å². The standard InChI is InChI=1S/C28H36ClNO3S/c1-19(7-6-14-31)15-26-27(34-28(3,4)5)24-16-23(33-18-20(2)32)12-13-25(24)30(26)17-21-8-10-22(29)11-9-21/h8-13,16,19,31H,6-7,14-15,17-18H2,1-5H3. The molecule has 0 fully saturated rings. The topological polar surface area (TPSA) is 51.5 Å². The highest BCUT2D eigenvalue weighted by Gasteiger charge is 2.24.